The average Bonchev–Trinajstić information content (AvgIpc) is 3.06. The van der Waals surface area contributed by atoms with Crippen LogP contribution in [0.25, 0.3) is 22.2 Å². The molecule has 0 spiro atoms. The zero-order chi connectivity index (χ0) is 23.8. The molecule has 7 heteroatoms. The van der Waals surface area contributed by atoms with Gasteiger partial charge < -0.3 is 11.1 Å². The number of amides is 1. The highest BCUT2D eigenvalue weighted by atomic mass is 16.1. The summed E-state index contributed by atoms with van der Waals surface area (Å²) in [7, 11) is 0. The summed E-state index contributed by atoms with van der Waals surface area (Å²) in [5, 5.41) is 7.53. The molecule has 34 heavy (non-hydrogen) atoms. The Kier molecular flexibility index (Phi) is 5.30. The minimum absolute atomic E-state index is 0.176. The Morgan fingerprint density at radius 3 is 2.24 bits per heavy atom. The van der Waals surface area contributed by atoms with Crippen molar-refractivity contribution in [3.05, 3.63) is 94.5 Å². The van der Waals surface area contributed by atoms with Crippen molar-refractivity contribution >= 4 is 45.8 Å². The van der Waals surface area contributed by atoms with Crippen LogP contribution in [0.5, 0.6) is 0 Å². The first-order valence-electron chi connectivity index (χ1n) is 11.0. The quantitative estimate of drug-likeness (QED) is 0.368. The molecule has 2 aromatic heterocycles. The molecule has 2 heterocycles. The lowest BCUT2D eigenvalue weighted by atomic mass is 10.1. The number of nitrogen functional groups attached to an aromatic ring is 1. The van der Waals surface area contributed by atoms with Gasteiger partial charge in [0.2, 0.25) is 0 Å². The number of carbonyl (C=O) groups excluding carboxylic acids is 1. The molecule has 3 aromatic carbocycles. The molecule has 0 radical (unpaired) electrons. The van der Waals surface area contributed by atoms with Crippen LogP contribution in [0, 0.1) is 20.8 Å². The first-order valence-corrected chi connectivity index (χ1v) is 11.0. The van der Waals surface area contributed by atoms with Gasteiger partial charge in [-0.3, -0.25) is 4.79 Å². The number of nitrogens with two attached hydrogens (primary N) is 1. The highest BCUT2D eigenvalue weighted by molar-refractivity contribution is 6.16. The highest BCUT2D eigenvalue weighted by Crippen LogP contribution is 2.29. The summed E-state index contributed by atoms with van der Waals surface area (Å²) in [6.45, 7) is 6.00. The number of fused-ring (bicyclic) bond motifs is 2. The monoisotopic (exact) mass is 448 g/mol. The molecule has 7 nitrogen and oxygen atoms in total. The molecule has 0 saturated carbocycles. The number of hydrogen-bond acceptors (Lipinski definition) is 5. The fraction of sp³-hybridized carbons (Fsp3) is 0.111. The first kappa shape index (κ1) is 21.3. The summed E-state index contributed by atoms with van der Waals surface area (Å²) < 4.78 is 1.48. The standard InChI is InChI=1S/C27H24N6O/c1-16-8-10-19(11-9-16)15-29-33-25(28)23(27(34)30-20-13-17(2)12-18(3)14-20)24-26(33)32-22-7-5-4-6-21(22)31-24/h4-15H,28H2,1-3H3,(H,30,34). The Labute approximate surface area is 197 Å². The number of benzene rings is 3. The van der Waals surface area contributed by atoms with Gasteiger partial charge >= 0.3 is 0 Å². The molecular formula is C27H24N6O. The van der Waals surface area contributed by atoms with E-state index in [1.807, 2.05) is 87.5 Å². The van der Waals surface area contributed by atoms with Gasteiger partial charge in [0.1, 0.15) is 16.9 Å². The van der Waals surface area contributed by atoms with Crippen LogP contribution >= 0.6 is 0 Å². The Hall–Kier alpha value is -4.52. The maximum absolute atomic E-state index is 13.4. The molecule has 0 aliphatic heterocycles. The van der Waals surface area contributed by atoms with Crippen molar-refractivity contribution in [3.63, 3.8) is 0 Å². The zero-order valence-electron chi connectivity index (χ0n) is 19.2. The van der Waals surface area contributed by atoms with Crippen molar-refractivity contribution in [2.24, 2.45) is 5.10 Å². The predicted molar refractivity (Wildman–Crippen MR) is 137 cm³/mol. The fourth-order valence-corrected chi connectivity index (χ4v) is 4.01. The first-order chi connectivity index (χ1) is 16.4. The van der Waals surface area contributed by atoms with Gasteiger partial charge in [0.15, 0.2) is 5.65 Å². The highest BCUT2D eigenvalue weighted by Gasteiger charge is 2.24. The molecular weight excluding hydrogens is 424 g/mol. The predicted octanol–water partition coefficient (Wildman–Crippen LogP) is 5.23. The topological polar surface area (TPSA) is 98.2 Å². The second-order valence-electron chi connectivity index (χ2n) is 8.44. The molecule has 3 N–H and O–H groups in total. The van der Waals surface area contributed by atoms with Crippen LogP contribution in [-0.4, -0.2) is 26.8 Å². The number of rotatable bonds is 4. The van der Waals surface area contributed by atoms with Gasteiger partial charge in [0, 0.05) is 5.69 Å². The molecule has 0 aliphatic rings. The number of nitrogens with zero attached hydrogens (tertiary/aromatic N) is 4. The molecule has 0 bridgehead atoms. The molecule has 1 amide bonds. The SMILES string of the molecule is Cc1ccc(C=Nn2c(N)c(C(=O)Nc3cc(C)cc(C)c3)c3nc4ccccc4nc32)cc1. The van der Waals surface area contributed by atoms with Crippen LogP contribution in [0.1, 0.15) is 32.6 Å². The van der Waals surface area contributed by atoms with Gasteiger partial charge in [-0.05, 0) is 61.7 Å². The third kappa shape index (κ3) is 3.99. The summed E-state index contributed by atoms with van der Waals surface area (Å²) in [5.74, 6) is -0.183. The maximum Gasteiger partial charge on any atom is 0.261 e. The van der Waals surface area contributed by atoms with E-state index in [0.717, 1.165) is 22.3 Å². The Bertz CT molecular complexity index is 1560. The van der Waals surface area contributed by atoms with Crippen LogP contribution in [-0.2, 0) is 0 Å². The van der Waals surface area contributed by atoms with Crippen LogP contribution in [0.2, 0.25) is 0 Å². The molecule has 5 rings (SSSR count). The van der Waals surface area contributed by atoms with Crippen molar-refractivity contribution in [2.45, 2.75) is 20.8 Å². The second kappa shape index (κ2) is 8.44. The summed E-state index contributed by atoms with van der Waals surface area (Å²) in [5.41, 5.74) is 13.8. The summed E-state index contributed by atoms with van der Waals surface area (Å²) >= 11 is 0. The number of anilines is 2. The zero-order valence-corrected chi connectivity index (χ0v) is 19.2. The molecule has 5 aromatic rings. The van der Waals surface area contributed by atoms with Crippen LogP contribution in [0.3, 0.4) is 0 Å². The van der Waals surface area contributed by atoms with E-state index >= 15 is 0 Å². The molecule has 0 fully saturated rings. The number of carbonyl (C=O) groups is 1. The van der Waals surface area contributed by atoms with Gasteiger partial charge in [-0.25, -0.2) is 9.97 Å². The Morgan fingerprint density at radius 1 is 0.912 bits per heavy atom. The number of aromatic nitrogens is 3. The minimum Gasteiger partial charge on any atom is -0.383 e. The van der Waals surface area contributed by atoms with Crippen molar-refractivity contribution in [3.8, 4) is 0 Å². The van der Waals surface area contributed by atoms with Crippen molar-refractivity contribution in [1.29, 1.82) is 0 Å². The maximum atomic E-state index is 13.4. The van der Waals surface area contributed by atoms with Gasteiger partial charge in [-0.1, -0.05) is 48.0 Å². The van der Waals surface area contributed by atoms with E-state index in [4.69, 9.17) is 15.7 Å². The molecule has 0 saturated heterocycles. The Morgan fingerprint density at radius 2 is 1.56 bits per heavy atom. The summed E-state index contributed by atoms with van der Waals surface area (Å²) in [6, 6.07) is 21.3. The van der Waals surface area contributed by atoms with Gasteiger partial charge in [0.05, 0.1) is 17.2 Å². The number of aryl methyl sites for hydroxylation is 3. The summed E-state index contributed by atoms with van der Waals surface area (Å²) in [6.07, 6.45) is 1.69. The Balaban J connectivity index is 1.65. The van der Waals surface area contributed by atoms with E-state index in [-0.39, 0.29) is 17.3 Å². The molecule has 0 atom stereocenters. The third-order valence-electron chi connectivity index (χ3n) is 5.58. The number of nitrogens with one attached hydrogen (secondary N) is 1. The van der Waals surface area contributed by atoms with Gasteiger partial charge in [0.25, 0.3) is 5.91 Å². The largest absolute Gasteiger partial charge is 0.383 e. The molecule has 0 unspecified atom stereocenters. The smallest absolute Gasteiger partial charge is 0.261 e. The number of para-hydroxylation sites is 2. The third-order valence-corrected chi connectivity index (χ3v) is 5.58. The fourth-order valence-electron chi connectivity index (χ4n) is 4.01. The molecule has 0 aliphatic carbocycles. The lowest BCUT2D eigenvalue weighted by Crippen LogP contribution is -2.14. The lowest BCUT2D eigenvalue weighted by molar-refractivity contribution is 0.102. The van der Waals surface area contributed by atoms with E-state index in [0.29, 0.717) is 27.9 Å². The van der Waals surface area contributed by atoms with E-state index in [1.54, 1.807) is 6.21 Å². The molecule has 168 valence electrons. The average molecular weight is 449 g/mol. The van der Waals surface area contributed by atoms with E-state index in [1.165, 1.54) is 4.68 Å². The van der Waals surface area contributed by atoms with E-state index in [2.05, 4.69) is 10.4 Å². The van der Waals surface area contributed by atoms with Crippen molar-refractivity contribution < 1.29 is 4.79 Å². The number of hydrogen-bond donors (Lipinski definition) is 2. The van der Waals surface area contributed by atoms with Gasteiger partial charge in [-0.2, -0.15) is 9.78 Å². The van der Waals surface area contributed by atoms with Gasteiger partial charge in [-0.15, -0.1) is 0 Å². The van der Waals surface area contributed by atoms with E-state index < -0.39 is 0 Å². The van der Waals surface area contributed by atoms with E-state index in [9.17, 15) is 4.79 Å². The van der Waals surface area contributed by atoms with Crippen molar-refractivity contribution in [1.82, 2.24) is 14.6 Å². The lowest BCUT2D eigenvalue weighted by Gasteiger charge is -2.08. The van der Waals surface area contributed by atoms with Crippen LogP contribution in [0.4, 0.5) is 11.5 Å². The second-order valence-corrected chi connectivity index (χ2v) is 8.44. The minimum atomic E-state index is -0.360. The van der Waals surface area contributed by atoms with Crippen LogP contribution in [0.15, 0.2) is 71.8 Å². The van der Waals surface area contributed by atoms with Crippen molar-refractivity contribution in [2.75, 3.05) is 11.1 Å². The normalized spacial score (nSPS) is 11.5. The van der Waals surface area contributed by atoms with Crippen LogP contribution < -0.4 is 11.1 Å². The summed E-state index contributed by atoms with van der Waals surface area (Å²) in [4.78, 5) is 22.9.